The summed E-state index contributed by atoms with van der Waals surface area (Å²) >= 11 is 0. The van der Waals surface area contributed by atoms with Crippen LogP contribution in [0, 0.1) is 5.92 Å². The van der Waals surface area contributed by atoms with E-state index in [-0.39, 0.29) is 11.5 Å². The molecule has 0 aliphatic carbocycles. The summed E-state index contributed by atoms with van der Waals surface area (Å²) in [5.74, 6) is 0.558. The van der Waals surface area contributed by atoms with E-state index in [9.17, 15) is 0 Å². The second kappa shape index (κ2) is 5.41. The zero-order chi connectivity index (χ0) is 13.2. The quantitative estimate of drug-likeness (QED) is 0.869. The molecule has 1 unspecified atom stereocenters. The van der Waals surface area contributed by atoms with Gasteiger partial charge < -0.3 is 10.5 Å². The van der Waals surface area contributed by atoms with Gasteiger partial charge in [-0.2, -0.15) is 0 Å². The third-order valence-electron chi connectivity index (χ3n) is 3.90. The van der Waals surface area contributed by atoms with Gasteiger partial charge in [-0.25, -0.2) is 0 Å². The van der Waals surface area contributed by atoms with E-state index in [1.807, 2.05) is 0 Å². The Balaban J connectivity index is 2.26. The van der Waals surface area contributed by atoms with Gasteiger partial charge in [0.25, 0.3) is 0 Å². The van der Waals surface area contributed by atoms with E-state index in [0.29, 0.717) is 5.92 Å². The molecular formula is C16H25NO. The molecule has 0 amide bonds. The first-order valence-electron chi connectivity index (χ1n) is 6.93. The van der Waals surface area contributed by atoms with Crippen LogP contribution in [0.5, 0.6) is 0 Å². The van der Waals surface area contributed by atoms with E-state index >= 15 is 0 Å². The Kier molecular flexibility index (Phi) is 4.08. The fraction of sp³-hybridized carbons (Fsp3) is 0.625. The minimum absolute atomic E-state index is 0.143. The van der Waals surface area contributed by atoms with Crippen LogP contribution in [0.15, 0.2) is 24.3 Å². The molecule has 0 aromatic heterocycles. The van der Waals surface area contributed by atoms with Crippen molar-refractivity contribution >= 4 is 0 Å². The average molecular weight is 247 g/mol. The van der Waals surface area contributed by atoms with Crippen molar-refractivity contribution in [2.24, 2.45) is 11.7 Å². The third kappa shape index (κ3) is 2.93. The number of benzene rings is 1. The summed E-state index contributed by atoms with van der Waals surface area (Å²) in [5, 5.41) is 0. The summed E-state index contributed by atoms with van der Waals surface area (Å²) in [6.07, 6.45) is 2.17. The van der Waals surface area contributed by atoms with E-state index in [1.54, 1.807) is 0 Å². The predicted molar refractivity (Wildman–Crippen MR) is 75.6 cm³/mol. The van der Waals surface area contributed by atoms with Gasteiger partial charge in [0.15, 0.2) is 0 Å². The monoisotopic (exact) mass is 247 g/mol. The molecule has 1 fully saturated rings. The molecule has 2 heteroatoms. The van der Waals surface area contributed by atoms with Crippen LogP contribution >= 0.6 is 0 Å². The van der Waals surface area contributed by atoms with Crippen LogP contribution < -0.4 is 5.73 Å². The summed E-state index contributed by atoms with van der Waals surface area (Å²) in [6, 6.07) is 8.77. The molecule has 18 heavy (non-hydrogen) atoms. The molecule has 1 aliphatic heterocycles. The summed E-state index contributed by atoms with van der Waals surface area (Å²) in [5.41, 5.74) is 9.36. The van der Waals surface area contributed by atoms with Crippen molar-refractivity contribution in [3.8, 4) is 0 Å². The van der Waals surface area contributed by atoms with Gasteiger partial charge in [0.05, 0.1) is 0 Å². The van der Waals surface area contributed by atoms with Crippen LogP contribution in [0.1, 0.15) is 50.8 Å². The second-order valence-corrected chi connectivity index (χ2v) is 6.31. The predicted octanol–water partition coefficient (Wildman–Crippen LogP) is 3.41. The number of ether oxygens (including phenoxy) is 1. The van der Waals surface area contributed by atoms with Gasteiger partial charge in [-0.15, -0.1) is 0 Å². The minimum Gasteiger partial charge on any atom is -0.381 e. The highest BCUT2D eigenvalue weighted by atomic mass is 16.5. The summed E-state index contributed by atoms with van der Waals surface area (Å²) in [7, 11) is 0. The maximum atomic E-state index is 6.51. The van der Waals surface area contributed by atoms with E-state index in [1.165, 1.54) is 11.1 Å². The molecule has 1 aliphatic rings. The fourth-order valence-corrected chi connectivity index (χ4v) is 2.80. The minimum atomic E-state index is 0.143. The van der Waals surface area contributed by atoms with Crippen LogP contribution in [0.2, 0.25) is 0 Å². The SMILES string of the molecule is CC(C)(C)c1ccccc1C(N)C1CCOCC1. The molecule has 2 nitrogen and oxygen atoms in total. The van der Waals surface area contributed by atoms with Gasteiger partial charge >= 0.3 is 0 Å². The molecule has 1 atom stereocenters. The van der Waals surface area contributed by atoms with Gasteiger partial charge in [0, 0.05) is 19.3 Å². The van der Waals surface area contributed by atoms with Gasteiger partial charge in [0.2, 0.25) is 0 Å². The van der Waals surface area contributed by atoms with E-state index < -0.39 is 0 Å². The van der Waals surface area contributed by atoms with Crippen LogP contribution in [-0.4, -0.2) is 13.2 Å². The average Bonchev–Trinajstić information content (AvgIpc) is 2.38. The van der Waals surface area contributed by atoms with Gasteiger partial charge in [-0.3, -0.25) is 0 Å². The fourth-order valence-electron chi connectivity index (χ4n) is 2.80. The zero-order valence-corrected chi connectivity index (χ0v) is 11.8. The van der Waals surface area contributed by atoms with Crippen LogP contribution in [0.25, 0.3) is 0 Å². The molecule has 0 saturated carbocycles. The Bertz CT molecular complexity index is 388. The van der Waals surface area contributed by atoms with Crippen LogP contribution in [-0.2, 0) is 10.2 Å². The highest BCUT2D eigenvalue weighted by Crippen LogP contribution is 2.34. The first-order valence-corrected chi connectivity index (χ1v) is 6.93. The lowest BCUT2D eigenvalue weighted by molar-refractivity contribution is 0.0582. The third-order valence-corrected chi connectivity index (χ3v) is 3.90. The molecule has 2 N–H and O–H groups in total. The smallest absolute Gasteiger partial charge is 0.0469 e. The Hall–Kier alpha value is -0.860. The number of hydrogen-bond donors (Lipinski definition) is 1. The first kappa shape index (κ1) is 13.6. The van der Waals surface area contributed by atoms with Crippen molar-refractivity contribution in [3.63, 3.8) is 0 Å². The normalized spacial score (nSPS) is 19.8. The van der Waals surface area contributed by atoms with E-state index in [2.05, 4.69) is 45.0 Å². The summed E-state index contributed by atoms with van der Waals surface area (Å²) < 4.78 is 5.43. The van der Waals surface area contributed by atoms with Crippen molar-refractivity contribution in [2.45, 2.75) is 45.1 Å². The molecular weight excluding hydrogens is 222 g/mol. The van der Waals surface area contributed by atoms with Crippen LogP contribution in [0.3, 0.4) is 0 Å². The molecule has 0 bridgehead atoms. The Morgan fingerprint density at radius 3 is 2.39 bits per heavy atom. The molecule has 1 aromatic carbocycles. The number of nitrogens with two attached hydrogens (primary N) is 1. The zero-order valence-electron chi connectivity index (χ0n) is 11.8. The molecule has 100 valence electrons. The lowest BCUT2D eigenvalue weighted by atomic mass is 9.78. The van der Waals surface area contributed by atoms with E-state index in [0.717, 1.165) is 26.1 Å². The number of hydrogen-bond acceptors (Lipinski definition) is 2. The summed E-state index contributed by atoms with van der Waals surface area (Å²) in [6.45, 7) is 8.47. The van der Waals surface area contributed by atoms with Crippen molar-refractivity contribution in [1.82, 2.24) is 0 Å². The first-order chi connectivity index (χ1) is 8.50. The van der Waals surface area contributed by atoms with Crippen molar-refractivity contribution < 1.29 is 4.74 Å². The molecule has 0 radical (unpaired) electrons. The van der Waals surface area contributed by atoms with Crippen molar-refractivity contribution in [2.75, 3.05) is 13.2 Å². The van der Waals surface area contributed by atoms with E-state index in [4.69, 9.17) is 10.5 Å². The molecule has 1 aromatic rings. The standard InChI is InChI=1S/C16H25NO/c1-16(2,3)14-7-5-4-6-13(14)15(17)12-8-10-18-11-9-12/h4-7,12,15H,8-11,17H2,1-3H3. The molecule has 1 saturated heterocycles. The van der Waals surface area contributed by atoms with Gasteiger partial charge in [0.1, 0.15) is 0 Å². The highest BCUT2D eigenvalue weighted by molar-refractivity contribution is 5.35. The Morgan fingerprint density at radius 1 is 1.17 bits per heavy atom. The molecule has 0 spiro atoms. The Morgan fingerprint density at radius 2 is 1.78 bits per heavy atom. The molecule has 2 rings (SSSR count). The molecule has 1 heterocycles. The highest BCUT2D eigenvalue weighted by Gasteiger charge is 2.26. The van der Waals surface area contributed by atoms with Crippen LogP contribution in [0.4, 0.5) is 0 Å². The Labute approximate surface area is 111 Å². The van der Waals surface area contributed by atoms with Crippen molar-refractivity contribution in [3.05, 3.63) is 35.4 Å². The lowest BCUT2D eigenvalue weighted by Crippen LogP contribution is -2.29. The second-order valence-electron chi connectivity index (χ2n) is 6.31. The largest absolute Gasteiger partial charge is 0.381 e. The topological polar surface area (TPSA) is 35.2 Å². The summed E-state index contributed by atoms with van der Waals surface area (Å²) in [4.78, 5) is 0. The maximum Gasteiger partial charge on any atom is 0.0469 e. The maximum absolute atomic E-state index is 6.51. The number of rotatable bonds is 2. The van der Waals surface area contributed by atoms with Crippen molar-refractivity contribution in [1.29, 1.82) is 0 Å². The van der Waals surface area contributed by atoms with Gasteiger partial charge in [-0.1, -0.05) is 45.0 Å². The lowest BCUT2D eigenvalue weighted by Gasteiger charge is -2.32. The van der Waals surface area contributed by atoms with Gasteiger partial charge in [-0.05, 0) is 35.3 Å².